The van der Waals surface area contributed by atoms with Crippen LogP contribution in [0.4, 0.5) is 17.3 Å². The van der Waals surface area contributed by atoms with Crippen LogP contribution in [0.2, 0.25) is 0 Å². The minimum atomic E-state index is 0.0486. The van der Waals surface area contributed by atoms with Crippen LogP contribution in [0, 0.1) is 5.41 Å². The van der Waals surface area contributed by atoms with E-state index in [0.717, 1.165) is 55.1 Å². The van der Waals surface area contributed by atoms with Crippen LogP contribution in [0.1, 0.15) is 24.3 Å². The van der Waals surface area contributed by atoms with E-state index in [1.807, 2.05) is 55.6 Å². The summed E-state index contributed by atoms with van der Waals surface area (Å²) in [7, 11) is 1.89. The number of nitrogens with one attached hydrogen (secondary N) is 3. The first-order valence-electron chi connectivity index (χ1n) is 11.2. The van der Waals surface area contributed by atoms with E-state index < -0.39 is 0 Å². The molecule has 8 nitrogen and oxygen atoms in total. The number of nitrogens with zero attached hydrogens (tertiary/aromatic N) is 2. The van der Waals surface area contributed by atoms with Crippen molar-refractivity contribution < 1.29 is 9.47 Å². The second-order valence-electron chi connectivity index (χ2n) is 8.03. The Bertz CT molecular complexity index is 1070. The summed E-state index contributed by atoms with van der Waals surface area (Å²) < 4.78 is 11.4. The van der Waals surface area contributed by atoms with Crippen molar-refractivity contribution >= 4 is 23.5 Å². The van der Waals surface area contributed by atoms with Crippen molar-refractivity contribution in [1.82, 2.24) is 15.3 Å². The molecule has 0 radical (unpaired) electrons. The third-order valence-corrected chi connectivity index (χ3v) is 5.64. The fourth-order valence-corrected chi connectivity index (χ4v) is 3.80. The summed E-state index contributed by atoms with van der Waals surface area (Å²) in [4.78, 5) is 8.99. The van der Waals surface area contributed by atoms with Gasteiger partial charge in [0.25, 0.3) is 0 Å². The third-order valence-electron chi connectivity index (χ3n) is 5.64. The summed E-state index contributed by atoms with van der Waals surface area (Å²) in [5.41, 5.74) is 10.5. The van der Waals surface area contributed by atoms with Crippen molar-refractivity contribution in [1.29, 1.82) is 5.41 Å². The summed E-state index contributed by atoms with van der Waals surface area (Å²) in [6, 6.07) is 15.6. The molecule has 1 atom stereocenters. The van der Waals surface area contributed by atoms with Gasteiger partial charge in [0.1, 0.15) is 11.9 Å². The first-order valence-corrected chi connectivity index (χ1v) is 11.2. The molecule has 1 saturated heterocycles. The van der Waals surface area contributed by atoms with E-state index in [1.54, 1.807) is 6.20 Å². The molecule has 0 saturated carbocycles. The highest BCUT2D eigenvalue weighted by Gasteiger charge is 2.17. The van der Waals surface area contributed by atoms with Crippen molar-refractivity contribution in [3.05, 3.63) is 60.3 Å². The smallest absolute Gasteiger partial charge is 0.227 e. The number of aromatic nitrogens is 2. The Labute approximate surface area is 194 Å². The number of hydrogen-bond acceptors (Lipinski definition) is 8. The number of rotatable bonds is 9. The molecular formula is C25H30N6O2. The van der Waals surface area contributed by atoms with E-state index in [9.17, 15) is 0 Å². The van der Waals surface area contributed by atoms with Gasteiger partial charge in [-0.05, 0) is 49.0 Å². The standard InChI is InChI=1S/C25H30N6O2/c1-28-16-19(15-26)17-2-5-20(6-3-17)30-25-29-11-8-23(31-25)18-4-7-24(22(27)14-18)33-21-9-12-32-13-10-21/h2-8,11,14-15,19,21,26,28H,9-10,12-13,16,27H2,1H3,(H,29,30,31). The van der Waals surface area contributed by atoms with Crippen LogP contribution >= 0.6 is 0 Å². The number of hydrogen-bond donors (Lipinski definition) is 4. The minimum Gasteiger partial charge on any atom is -0.488 e. The molecule has 1 aliphatic heterocycles. The highest BCUT2D eigenvalue weighted by molar-refractivity contribution is 5.69. The van der Waals surface area contributed by atoms with Gasteiger partial charge in [-0.25, -0.2) is 9.97 Å². The second kappa shape index (κ2) is 10.9. The van der Waals surface area contributed by atoms with Crippen LogP contribution in [0.25, 0.3) is 11.3 Å². The van der Waals surface area contributed by atoms with Crippen molar-refractivity contribution in [2.45, 2.75) is 24.9 Å². The Morgan fingerprint density at radius 3 is 2.67 bits per heavy atom. The van der Waals surface area contributed by atoms with Gasteiger partial charge < -0.3 is 31.3 Å². The topological polar surface area (TPSA) is 118 Å². The fraction of sp³-hybridized carbons (Fsp3) is 0.320. The molecular weight excluding hydrogens is 416 g/mol. The highest BCUT2D eigenvalue weighted by Crippen LogP contribution is 2.30. The predicted octanol–water partition coefficient (Wildman–Crippen LogP) is 3.98. The van der Waals surface area contributed by atoms with Crippen LogP contribution in [0.15, 0.2) is 54.7 Å². The maximum Gasteiger partial charge on any atom is 0.227 e. The lowest BCUT2D eigenvalue weighted by molar-refractivity contribution is 0.0259. The number of nitrogen functional groups attached to an aromatic ring is 1. The first kappa shape index (κ1) is 22.7. The monoisotopic (exact) mass is 446 g/mol. The average Bonchev–Trinajstić information content (AvgIpc) is 2.85. The predicted molar refractivity (Wildman–Crippen MR) is 132 cm³/mol. The summed E-state index contributed by atoms with van der Waals surface area (Å²) in [5.74, 6) is 1.24. The van der Waals surface area contributed by atoms with E-state index in [4.69, 9.17) is 20.6 Å². The van der Waals surface area contributed by atoms with Gasteiger partial charge in [-0.15, -0.1) is 0 Å². The van der Waals surface area contributed by atoms with Crippen LogP contribution < -0.4 is 21.1 Å². The van der Waals surface area contributed by atoms with Crippen LogP contribution in [0.3, 0.4) is 0 Å². The van der Waals surface area contributed by atoms with Crippen molar-refractivity contribution in [3.63, 3.8) is 0 Å². The molecule has 8 heteroatoms. The van der Waals surface area contributed by atoms with Gasteiger partial charge in [-0.2, -0.15) is 0 Å². The van der Waals surface area contributed by atoms with Gasteiger partial charge in [0.15, 0.2) is 0 Å². The second-order valence-corrected chi connectivity index (χ2v) is 8.03. The summed E-state index contributed by atoms with van der Waals surface area (Å²) >= 11 is 0. The molecule has 1 aliphatic rings. The molecule has 1 fully saturated rings. The number of likely N-dealkylation sites (N-methyl/N-ethyl adjacent to an activating group) is 1. The zero-order valence-electron chi connectivity index (χ0n) is 18.8. The lowest BCUT2D eigenvalue weighted by atomic mass is 10.00. The number of ether oxygens (including phenoxy) is 2. The zero-order valence-corrected chi connectivity index (χ0v) is 18.8. The molecule has 0 bridgehead atoms. The molecule has 2 aromatic carbocycles. The van der Waals surface area contributed by atoms with Gasteiger partial charge in [-0.3, -0.25) is 0 Å². The maximum atomic E-state index is 7.61. The lowest BCUT2D eigenvalue weighted by Gasteiger charge is -2.24. The molecule has 0 spiro atoms. The van der Waals surface area contributed by atoms with E-state index in [-0.39, 0.29) is 12.0 Å². The van der Waals surface area contributed by atoms with Gasteiger partial charge in [0.05, 0.1) is 24.6 Å². The quantitative estimate of drug-likeness (QED) is 0.290. The van der Waals surface area contributed by atoms with Gasteiger partial charge in [-0.1, -0.05) is 12.1 Å². The Kier molecular flexibility index (Phi) is 7.49. The van der Waals surface area contributed by atoms with Crippen molar-refractivity contribution in [2.75, 3.05) is 37.9 Å². The summed E-state index contributed by atoms with van der Waals surface area (Å²) in [5, 5.41) is 14.0. The molecule has 5 N–H and O–H groups in total. The highest BCUT2D eigenvalue weighted by atomic mass is 16.5. The molecule has 33 heavy (non-hydrogen) atoms. The minimum absolute atomic E-state index is 0.0486. The fourth-order valence-electron chi connectivity index (χ4n) is 3.80. The first-order chi connectivity index (χ1) is 16.2. The molecule has 2 heterocycles. The van der Waals surface area contributed by atoms with E-state index in [0.29, 0.717) is 17.4 Å². The van der Waals surface area contributed by atoms with Crippen LogP contribution in [0.5, 0.6) is 5.75 Å². The SMILES string of the molecule is CNCC(C=N)c1ccc(Nc2nccc(-c3ccc(OC4CCOCC4)c(N)c3)n2)cc1. The number of nitrogens with two attached hydrogens (primary N) is 1. The van der Waals surface area contributed by atoms with Crippen molar-refractivity contribution in [3.8, 4) is 17.0 Å². The largest absolute Gasteiger partial charge is 0.488 e. The van der Waals surface area contributed by atoms with Gasteiger partial charge in [0.2, 0.25) is 5.95 Å². The Morgan fingerprint density at radius 1 is 1.18 bits per heavy atom. The van der Waals surface area contributed by atoms with E-state index in [1.165, 1.54) is 6.21 Å². The third kappa shape index (κ3) is 5.85. The van der Waals surface area contributed by atoms with Gasteiger partial charge in [0, 0.05) is 49.0 Å². The number of benzene rings is 2. The Balaban J connectivity index is 1.45. The van der Waals surface area contributed by atoms with Gasteiger partial charge >= 0.3 is 0 Å². The lowest BCUT2D eigenvalue weighted by Crippen LogP contribution is -2.26. The average molecular weight is 447 g/mol. The van der Waals surface area contributed by atoms with E-state index in [2.05, 4.69) is 20.6 Å². The summed E-state index contributed by atoms with van der Waals surface area (Å²) in [6.45, 7) is 2.17. The molecule has 0 amide bonds. The van der Waals surface area contributed by atoms with Crippen LogP contribution in [-0.4, -0.2) is 49.1 Å². The summed E-state index contributed by atoms with van der Waals surface area (Å²) in [6.07, 6.45) is 5.07. The zero-order chi connectivity index (χ0) is 23.0. The Hall–Kier alpha value is -3.49. The van der Waals surface area contributed by atoms with Crippen LogP contribution in [-0.2, 0) is 4.74 Å². The normalized spacial score (nSPS) is 15.1. The molecule has 4 rings (SSSR count). The molecule has 0 aliphatic carbocycles. The van der Waals surface area contributed by atoms with E-state index >= 15 is 0 Å². The molecule has 3 aromatic rings. The Morgan fingerprint density at radius 2 is 1.97 bits per heavy atom. The van der Waals surface area contributed by atoms with Crippen molar-refractivity contribution in [2.24, 2.45) is 0 Å². The maximum absolute atomic E-state index is 7.61. The molecule has 1 unspecified atom stereocenters. The molecule has 172 valence electrons. The molecule has 1 aromatic heterocycles. The number of anilines is 3.